The third-order valence-electron chi connectivity index (χ3n) is 3.31. The molecule has 0 heterocycles. The summed E-state index contributed by atoms with van der Waals surface area (Å²) in [5.74, 6) is 0.598. The second kappa shape index (κ2) is 4.62. The van der Waals surface area contributed by atoms with Crippen molar-refractivity contribution in [3.8, 4) is 0 Å². The van der Waals surface area contributed by atoms with Gasteiger partial charge in [-0.05, 0) is 20.3 Å². The summed E-state index contributed by atoms with van der Waals surface area (Å²) in [6, 6.07) is 0.277. The van der Waals surface area contributed by atoms with Crippen LogP contribution in [0.25, 0.3) is 0 Å². The average Bonchev–Trinajstić information content (AvgIpc) is 2.15. The third kappa shape index (κ3) is 2.67. The van der Waals surface area contributed by atoms with Gasteiger partial charge in [0.1, 0.15) is 0 Å². The first-order valence-electron chi connectivity index (χ1n) is 5.91. The molecule has 1 aliphatic rings. The number of rotatable bonds is 3. The molecule has 16 heavy (non-hydrogen) atoms. The SMILES string of the molecule is CC(C)O[C@H]1C[C@H](N=C(N)N(C)C)C1(C)C. The summed E-state index contributed by atoms with van der Waals surface area (Å²) in [7, 11) is 3.82. The van der Waals surface area contributed by atoms with Gasteiger partial charge in [-0.1, -0.05) is 13.8 Å². The van der Waals surface area contributed by atoms with Crippen molar-refractivity contribution < 1.29 is 4.74 Å². The van der Waals surface area contributed by atoms with Gasteiger partial charge in [-0.25, -0.2) is 4.99 Å². The van der Waals surface area contributed by atoms with Crippen molar-refractivity contribution in [2.24, 2.45) is 16.1 Å². The fourth-order valence-electron chi connectivity index (χ4n) is 1.92. The number of guanidine groups is 1. The van der Waals surface area contributed by atoms with Crippen LogP contribution in [-0.4, -0.2) is 43.2 Å². The van der Waals surface area contributed by atoms with Gasteiger partial charge in [-0.15, -0.1) is 0 Å². The molecule has 0 aliphatic heterocycles. The smallest absolute Gasteiger partial charge is 0.191 e. The van der Waals surface area contributed by atoms with Gasteiger partial charge < -0.3 is 15.4 Å². The Bertz CT molecular complexity index is 271. The Hall–Kier alpha value is -0.770. The van der Waals surface area contributed by atoms with Gasteiger partial charge in [0, 0.05) is 19.5 Å². The molecule has 4 nitrogen and oxygen atoms in total. The Morgan fingerprint density at radius 3 is 2.38 bits per heavy atom. The van der Waals surface area contributed by atoms with Crippen molar-refractivity contribution in [2.45, 2.75) is 52.4 Å². The van der Waals surface area contributed by atoms with Crippen LogP contribution in [-0.2, 0) is 4.74 Å². The van der Waals surface area contributed by atoms with Crippen LogP contribution in [0.1, 0.15) is 34.1 Å². The van der Waals surface area contributed by atoms with Gasteiger partial charge in [-0.3, -0.25) is 0 Å². The van der Waals surface area contributed by atoms with Crippen LogP contribution in [0.15, 0.2) is 4.99 Å². The maximum atomic E-state index is 5.85. The van der Waals surface area contributed by atoms with Gasteiger partial charge >= 0.3 is 0 Å². The molecule has 1 aliphatic carbocycles. The molecular weight excluding hydrogens is 202 g/mol. The molecule has 0 aromatic rings. The van der Waals surface area contributed by atoms with Crippen LogP contribution in [0, 0.1) is 5.41 Å². The number of nitrogens with two attached hydrogens (primary N) is 1. The molecule has 94 valence electrons. The highest BCUT2D eigenvalue weighted by Gasteiger charge is 2.49. The number of hydrogen-bond acceptors (Lipinski definition) is 2. The maximum absolute atomic E-state index is 5.85. The fourth-order valence-corrected chi connectivity index (χ4v) is 1.92. The zero-order valence-electron chi connectivity index (χ0n) is 11.3. The van der Waals surface area contributed by atoms with Crippen LogP contribution in [0.3, 0.4) is 0 Å². The summed E-state index contributed by atoms with van der Waals surface area (Å²) in [6.07, 6.45) is 1.55. The first kappa shape index (κ1) is 13.3. The molecule has 0 unspecified atom stereocenters. The van der Waals surface area contributed by atoms with E-state index in [1.165, 1.54) is 0 Å². The lowest BCUT2D eigenvalue weighted by atomic mass is 9.64. The summed E-state index contributed by atoms with van der Waals surface area (Å²) in [6.45, 7) is 8.53. The zero-order chi connectivity index (χ0) is 12.5. The Kier molecular flexibility index (Phi) is 3.84. The highest BCUT2D eigenvalue weighted by atomic mass is 16.5. The summed E-state index contributed by atoms with van der Waals surface area (Å²) >= 11 is 0. The number of nitrogens with zero attached hydrogens (tertiary/aromatic N) is 2. The van der Waals surface area contributed by atoms with Crippen LogP contribution in [0.2, 0.25) is 0 Å². The van der Waals surface area contributed by atoms with Crippen molar-refractivity contribution in [1.29, 1.82) is 0 Å². The molecule has 4 heteroatoms. The third-order valence-corrected chi connectivity index (χ3v) is 3.31. The second-order valence-corrected chi connectivity index (χ2v) is 5.63. The summed E-state index contributed by atoms with van der Waals surface area (Å²) in [4.78, 5) is 6.37. The molecule has 0 spiro atoms. The number of hydrogen-bond donors (Lipinski definition) is 1. The first-order valence-corrected chi connectivity index (χ1v) is 5.91. The van der Waals surface area contributed by atoms with Gasteiger partial charge in [0.2, 0.25) is 0 Å². The molecular formula is C12H25N3O. The van der Waals surface area contributed by atoms with Gasteiger partial charge in [0.05, 0.1) is 18.2 Å². The lowest BCUT2D eigenvalue weighted by Crippen LogP contribution is -2.55. The predicted octanol–water partition coefficient (Wildman–Crippen LogP) is 1.45. The zero-order valence-corrected chi connectivity index (χ0v) is 11.3. The summed E-state index contributed by atoms with van der Waals surface area (Å²) < 4.78 is 5.85. The van der Waals surface area contributed by atoms with E-state index in [1.807, 2.05) is 19.0 Å². The Morgan fingerprint density at radius 2 is 2.00 bits per heavy atom. The van der Waals surface area contributed by atoms with Gasteiger partial charge in [-0.2, -0.15) is 0 Å². The highest BCUT2D eigenvalue weighted by molar-refractivity contribution is 5.77. The standard InChI is InChI=1S/C12H25N3O/c1-8(2)16-10-7-9(12(10,3)4)14-11(13)15(5)6/h8-10H,7H2,1-6H3,(H2,13,14)/t9-,10-/m0/s1. The Labute approximate surface area is 98.9 Å². The molecule has 1 fully saturated rings. The molecule has 2 N–H and O–H groups in total. The number of aliphatic imine (C=N–C) groups is 1. The van der Waals surface area contributed by atoms with E-state index >= 15 is 0 Å². The van der Waals surface area contributed by atoms with Crippen LogP contribution in [0.4, 0.5) is 0 Å². The van der Waals surface area contributed by atoms with E-state index in [-0.39, 0.29) is 17.6 Å². The van der Waals surface area contributed by atoms with Crippen molar-refractivity contribution in [3.63, 3.8) is 0 Å². The first-order chi connectivity index (χ1) is 7.25. The molecule has 0 bridgehead atoms. The van der Waals surface area contributed by atoms with Crippen LogP contribution >= 0.6 is 0 Å². The minimum absolute atomic E-state index is 0.0882. The summed E-state index contributed by atoms with van der Waals surface area (Å²) in [5.41, 5.74) is 5.92. The molecule has 1 saturated carbocycles. The monoisotopic (exact) mass is 227 g/mol. The molecule has 0 amide bonds. The molecule has 0 aromatic heterocycles. The van der Waals surface area contributed by atoms with E-state index in [0.29, 0.717) is 12.1 Å². The van der Waals surface area contributed by atoms with E-state index in [0.717, 1.165) is 6.42 Å². The molecule has 0 aromatic carbocycles. The quantitative estimate of drug-likeness (QED) is 0.586. The number of ether oxygens (including phenoxy) is 1. The van der Waals surface area contributed by atoms with E-state index in [2.05, 4.69) is 32.7 Å². The molecule has 2 atom stereocenters. The van der Waals surface area contributed by atoms with Gasteiger partial charge in [0.15, 0.2) is 5.96 Å². The minimum atomic E-state index is 0.0882. The van der Waals surface area contributed by atoms with Crippen LogP contribution in [0.5, 0.6) is 0 Å². The maximum Gasteiger partial charge on any atom is 0.191 e. The van der Waals surface area contributed by atoms with E-state index in [1.54, 1.807) is 0 Å². The lowest BCUT2D eigenvalue weighted by Gasteiger charge is -2.50. The topological polar surface area (TPSA) is 50.9 Å². The van der Waals surface area contributed by atoms with Crippen molar-refractivity contribution in [2.75, 3.05) is 14.1 Å². The second-order valence-electron chi connectivity index (χ2n) is 5.63. The molecule has 1 rings (SSSR count). The summed E-state index contributed by atoms with van der Waals surface area (Å²) in [5, 5.41) is 0. The van der Waals surface area contributed by atoms with E-state index in [9.17, 15) is 0 Å². The highest BCUT2D eigenvalue weighted by Crippen LogP contribution is 2.45. The largest absolute Gasteiger partial charge is 0.375 e. The van der Waals surface area contributed by atoms with E-state index in [4.69, 9.17) is 10.5 Å². The molecule has 0 radical (unpaired) electrons. The Morgan fingerprint density at radius 1 is 1.44 bits per heavy atom. The Balaban J connectivity index is 2.60. The average molecular weight is 227 g/mol. The van der Waals surface area contributed by atoms with E-state index < -0.39 is 0 Å². The predicted molar refractivity (Wildman–Crippen MR) is 67.5 cm³/mol. The normalized spacial score (nSPS) is 29.1. The van der Waals surface area contributed by atoms with Gasteiger partial charge in [0.25, 0.3) is 0 Å². The lowest BCUT2D eigenvalue weighted by molar-refractivity contribution is -0.129. The molecule has 0 saturated heterocycles. The minimum Gasteiger partial charge on any atom is -0.375 e. The van der Waals surface area contributed by atoms with Crippen molar-refractivity contribution >= 4 is 5.96 Å². The fraction of sp³-hybridized carbons (Fsp3) is 0.917. The van der Waals surface area contributed by atoms with Crippen molar-refractivity contribution in [3.05, 3.63) is 0 Å². The van der Waals surface area contributed by atoms with Crippen LogP contribution < -0.4 is 5.73 Å². The van der Waals surface area contributed by atoms with Crippen molar-refractivity contribution in [1.82, 2.24) is 4.90 Å².